The summed E-state index contributed by atoms with van der Waals surface area (Å²) < 4.78 is 20.0. The molecule has 0 N–H and O–H groups in total. The number of aryl methyl sites for hydroxylation is 1. The van der Waals surface area contributed by atoms with Crippen LogP contribution in [0.15, 0.2) is 66.9 Å². The maximum atomic E-state index is 14.0. The third kappa shape index (κ3) is 3.20. The van der Waals surface area contributed by atoms with Crippen molar-refractivity contribution in [1.82, 2.24) is 14.1 Å². The molecule has 7 heteroatoms. The van der Waals surface area contributed by atoms with Crippen molar-refractivity contribution in [2.24, 2.45) is 7.05 Å². The van der Waals surface area contributed by atoms with Gasteiger partial charge in [-0.15, -0.1) is 0 Å². The summed E-state index contributed by atoms with van der Waals surface area (Å²) in [6.07, 6.45) is 2.00. The van der Waals surface area contributed by atoms with Crippen molar-refractivity contribution in [2.75, 3.05) is 21.3 Å². The normalized spacial score (nSPS) is 11.2. The van der Waals surface area contributed by atoms with E-state index in [0.29, 0.717) is 28.6 Å². The first-order valence-corrected chi connectivity index (χ1v) is 10.4. The number of nitrogens with zero attached hydrogens (tertiary/aromatic N) is 3. The van der Waals surface area contributed by atoms with Crippen LogP contribution in [-0.4, -0.2) is 41.4 Å². The number of para-hydroxylation sites is 3. The van der Waals surface area contributed by atoms with Gasteiger partial charge in [-0.3, -0.25) is 9.36 Å². The molecular weight excluding hydrogens is 418 g/mol. The molecule has 0 amide bonds. The van der Waals surface area contributed by atoms with Crippen LogP contribution in [0.2, 0.25) is 0 Å². The second-order valence-electron chi connectivity index (χ2n) is 7.65. The summed E-state index contributed by atoms with van der Waals surface area (Å²) in [5.41, 5.74) is 3.80. The first-order chi connectivity index (χ1) is 16.1. The molecule has 5 rings (SSSR count). The summed E-state index contributed by atoms with van der Waals surface area (Å²) in [4.78, 5) is 18.8. The number of aromatic nitrogens is 3. The summed E-state index contributed by atoms with van der Waals surface area (Å²) >= 11 is 0. The molecule has 5 aromatic rings. The molecule has 0 fully saturated rings. The van der Waals surface area contributed by atoms with Gasteiger partial charge in [0.05, 0.1) is 32.4 Å². The maximum Gasteiger partial charge on any atom is 0.264 e. The van der Waals surface area contributed by atoms with Crippen LogP contribution in [0, 0.1) is 0 Å². The zero-order chi connectivity index (χ0) is 23.1. The zero-order valence-corrected chi connectivity index (χ0v) is 18.8. The second kappa shape index (κ2) is 8.02. The van der Waals surface area contributed by atoms with Crippen LogP contribution in [0.1, 0.15) is 10.4 Å². The van der Waals surface area contributed by atoms with E-state index in [0.717, 1.165) is 27.5 Å². The Morgan fingerprint density at radius 2 is 1.48 bits per heavy atom. The molecule has 33 heavy (non-hydrogen) atoms. The van der Waals surface area contributed by atoms with Gasteiger partial charge < -0.3 is 18.8 Å². The number of fused-ring (bicyclic) bond motifs is 2. The number of carbonyl (C=O) groups excluding carboxylic acids is 1. The van der Waals surface area contributed by atoms with Crippen LogP contribution in [-0.2, 0) is 7.05 Å². The number of ether oxygens (including phenoxy) is 3. The van der Waals surface area contributed by atoms with Gasteiger partial charge >= 0.3 is 0 Å². The Labute approximate surface area is 190 Å². The van der Waals surface area contributed by atoms with E-state index in [1.54, 1.807) is 16.7 Å². The van der Waals surface area contributed by atoms with Crippen molar-refractivity contribution in [1.29, 1.82) is 0 Å². The van der Waals surface area contributed by atoms with Crippen molar-refractivity contribution in [3.63, 3.8) is 0 Å². The molecular formula is C26H23N3O4. The fraction of sp³-hybridized carbons (Fsp3) is 0.154. The molecule has 0 aliphatic rings. The highest BCUT2D eigenvalue weighted by Gasteiger charge is 2.24. The lowest BCUT2D eigenvalue weighted by Gasteiger charge is -2.14. The summed E-state index contributed by atoms with van der Waals surface area (Å²) in [6.45, 7) is 0. The predicted molar refractivity (Wildman–Crippen MR) is 127 cm³/mol. The van der Waals surface area contributed by atoms with Gasteiger partial charge in [0.15, 0.2) is 11.5 Å². The number of hydrogen-bond donors (Lipinski definition) is 0. The van der Waals surface area contributed by atoms with Gasteiger partial charge in [-0.1, -0.05) is 30.3 Å². The number of rotatable bonds is 5. The van der Waals surface area contributed by atoms with Crippen molar-refractivity contribution in [3.8, 4) is 28.6 Å². The Hall–Kier alpha value is -4.26. The average molecular weight is 441 g/mol. The fourth-order valence-corrected chi connectivity index (χ4v) is 4.27. The molecule has 0 aliphatic carbocycles. The van der Waals surface area contributed by atoms with E-state index in [2.05, 4.69) is 0 Å². The molecule has 0 bridgehead atoms. The van der Waals surface area contributed by atoms with Gasteiger partial charge in [0.2, 0.25) is 5.75 Å². The Kier molecular flexibility index (Phi) is 5.01. The molecule has 0 spiro atoms. The number of imidazole rings is 1. The molecule has 2 aromatic heterocycles. The van der Waals surface area contributed by atoms with E-state index >= 15 is 0 Å². The van der Waals surface area contributed by atoms with Gasteiger partial charge in [0.1, 0.15) is 5.82 Å². The SMILES string of the molecule is COc1cc(C(=O)n2c(-c3cn(C)c4ccccc34)nc3ccccc32)cc(OC)c1OC. The molecule has 166 valence electrons. The molecule has 0 unspecified atom stereocenters. The van der Waals surface area contributed by atoms with Crippen molar-refractivity contribution < 1.29 is 19.0 Å². The Morgan fingerprint density at radius 3 is 2.15 bits per heavy atom. The van der Waals surface area contributed by atoms with Crippen LogP contribution >= 0.6 is 0 Å². The van der Waals surface area contributed by atoms with Gasteiger partial charge in [-0.2, -0.15) is 0 Å². The molecule has 3 aromatic carbocycles. The molecule has 2 heterocycles. The van der Waals surface area contributed by atoms with Crippen molar-refractivity contribution in [3.05, 3.63) is 72.4 Å². The number of benzene rings is 3. The summed E-state index contributed by atoms with van der Waals surface area (Å²) in [5, 5.41) is 1.02. The van der Waals surface area contributed by atoms with Crippen molar-refractivity contribution >= 4 is 27.8 Å². The van der Waals surface area contributed by atoms with E-state index in [1.165, 1.54) is 21.3 Å². The summed E-state index contributed by atoms with van der Waals surface area (Å²) in [6, 6.07) is 19.0. The topological polar surface area (TPSA) is 67.5 Å². The predicted octanol–water partition coefficient (Wildman–Crippen LogP) is 4.91. The molecule has 0 aliphatic heterocycles. The van der Waals surface area contributed by atoms with Crippen LogP contribution in [0.3, 0.4) is 0 Å². The second-order valence-corrected chi connectivity index (χ2v) is 7.65. The number of hydrogen-bond acceptors (Lipinski definition) is 5. The molecule has 0 saturated heterocycles. The lowest BCUT2D eigenvalue weighted by molar-refractivity contribution is 0.0965. The number of carbonyl (C=O) groups is 1. The first-order valence-electron chi connectivity index (χ1n) is 10.4. The highest BCUT2D eigenvalue weighted by atomic mass is 16.5. The van der Waals surface area contributed by atoms with Crippen LogP contribution < -0.4 is 14.2 Å². The van der Waals surface area contributed by atoms with E-state index < -0.39 is 0 Å². The third-order valence-corrected chi connectivity index (χ3v) is 5.81. The largest absolute Gasteiger partial charge is 0.493 e. The molecule has 0 radical (unpaired) electrons. The lowest BCUT2D eigenvalue weighted by atomic mass is 10.1. The van der Waals surface area contributed by atoms with Crippen molar-refractivity contribution in [2.45, 2.75) is 0 Å². The minimum Gasteiger partial charge on any atom is -0.493 e. The Morgan fingerprint density at radius 1 is 0.848 bits per heavy atom. The fourth-order valence-electron chi connectivity index (χ4n) is 4.27. The maximum absolute atomic E-state index is 14.0. The highest BCUT2D eigenvalue weighted by molar-refractivity contribution is 6.07. The average Bonchev–Trinajstić information content (AvgIpc) is 3.40. The van der Waals surface area contributed by atoms with Crippen LogP contribution in [0.4, 0.5) is 0 Å². The van der Waals surface area contributed by atoms with Gasteiger partial charge in [0, 0.05) is 35.3 Å². The van der Waals surface area contributed by atoms with E-state index in [-0.39, 0.29) is 5.91 Å². The molecule has 0 saturated carbocycles. The lowest BCUT2D eigenvalue weighted by Crippen LogP contribution is -2.14. The minimum absolute atomic E-state index is 0.245. The molecule has 0 atom stereocenters. The van der Waals surface area contributed by atoms with E-state index in [9.17, 15) is 4.79 Å². The number of methoxy groups -OCH3 is 3. The van der Waals surface area contributed by atoms with E-state index in [4.69, 9.17) is 19.2 Å². The minimum atomic E-state index is -0.245. The summed E-state index contributed by atoms with van der Waals surface area (Å²) in [5.74, 6) is 1.59. The highest BCUT2D eigenvalue weighted by Crippen LogP contribution is 2.39. The Balaban J connectivity index is 1.78. The smallest absolute Gasteiger partial charge is 0.264 e. The van der Waals surface area contributed by atoms with Gasteiger partial charge in [0.25, 0.3) is 5.91 Å². The monoisotopic (exact) mass is 441 g/mol. The Bertz CT molecular complexity index is 1490. The van der Waals surface area contributed by atoms with Gasteiger partial charge in [-0.05, 0) is 30.3 Å². The summed E-state index contributed by atoms with van der Waals surface area (Å²) in [7, 11) is 6.57. The van der Waals surface area contributed by atoms with Gasteiger partial charge in [-0.25, -0.2) is 4.98 Å². The van der Waals surface area contributed by atoms with Crippen LogP contribution in [0.25, 0.3) is 33.3 Å². The third-order valence-electron chi connectivity index (χ3n) is 5.81. The van der Waals surface area contributed by atoms with Crippen LogP contribution in [0.5, 0.6) is 17.2 Å². The van der Waals surface area contributed by atoms with E-state index in [1.807, 2.05) is 66.3 Å². The quantitative estimate of drug-likeness (QED) is 0.388. The molecule has 7 nitrogen and oxygen atoms in total. The standard InChI is InChI=1S/C26H23N3O4/c1-28-15-18(17-9-5-7-11-20(17)28)25-27-19-10-6-8-12-21(19)29(25)26(30)16-13-22(31-2)24(33-4)23(14-16)32-3/h5-15H,1-4H3. The first kappa shape index (κ1) is 20.6. The zero-order valence-electron chi connectivity index (χ0n) is 18.8.